The summed E-state index contributed by atoms with van der Waals surface area (Å²) in [4.78, 5) is 15.1. The van der Waals surface area contributed by atoms with E-state index in [1.165, 1.54) is 11.3 Å². The van der Waals surface area contributed by atoms with Crippen LogP contribution in [-0.4, -0.2) is 35.9 Å². The molecule has 0 aliphatic rings. The summed E-state index contributed by atoms with van der Waals surface area (Å²) in [5, 5.41) is 0.990. The second-order valence-corrected chi connectivity index (χ2v) is 6.95. The summed E-state index contributed by atoms with van der Waals surface area (Å²) in [5.74, 6) is 0.941. The average molecular weight is 308 g/mol. The topological polar surface area (TPSA) is 46.3 Å². The van der Waals surface area contributed by atoms with Gasteiger partial charge < -0.3 is 10.6 Å². The lowest BCUT2D eigenvalue weighted by molar-refractivity contribution is 0.0763. The molecule has 1 amide bonds. The van der Waals surface area contributed by atoms with E-state index in [0.717, 1.165) is 21.4 Å². The number of aryl methyl sites for hydroxylation is 1. The molecule has 1 aromatic heterocycles. The molecule has 20 heavy (non-hydrogen) atoms. The molecule has 2 N–H and O–H groups in total. The van der Waals surface area contributed by atoms with Gasteiger partial charge in [0.05, 0.1) is 5.69 Å². The van der Waals surface area contributed by atoms with Gasteiger partial charge in [-0.05, 0) is 25.7 Å². The van der Waals surface area contributed by atoms with E-state index in [-0.39, 0.29) is 11.9 Å². The van der Waals surface area contributed by atoms with E-state index in [1.54, 1.807) is 16.7 Å². The zero-order chi connectivity index (χ0) is 14.9. The number of hydrogen-bond acceptors (Lipinski definition) is 4. The van der Waals surface area contributed by atoms with Gasteiger partial charge in [0.25, 0.3) is 5.91 Å². The first-order valence-corrected chi connectivity index (χ1v) is 8.72. The van der Waals surface area contributed by atoms with Crippen molar-refractivity contribution in [2.24, 2.45) is 0 Å². The van der Waals surface area contributed by atoms with Crippen LogP contribution in [0.1, 0.15) is 22.2 Å². The summed E-state index contributed by atoms with van der Waals surface area (Å²) in [6.45, 7) is 4.11. The van der Waals surface area contributed by atoms with Crippen molar-refractivity contribution in [3.63, 3.8) is 0 Å². The van der Waals surface area contributed by atoms with Gasteiger partial charge in [0.2, 0.25) is 0 Å². The second kappa shape index (κ2) is 6.06. The third-order valence-corrected chi connectivity index (χ3v) is 5.69. The summed E-state index contributed by atoms with van der Waals surface area (Å²) in [5.41, 5.74) is 7.96. The van der Waals surface area contributed by atoms with Crippen molar-refractivity contribution in [2.45, 2.75) is 19.9 Å². The van der Waals surface area contributed by atoms with E-state index < -0.39 is 0 Å². The van der Waals surface area contributed by atoms with E-state index in [2.05, 4.69) is 6.92 Å². The highest BCUT2D eigenvalue weighted by atomic mass is 32.2. The SMILES string of the molecule is CSCC(C)N(C)C(=O)c1sc2c(C)cccc2c1N. The Morgan fingerprint density at radius 3 is 2.80 bits per heavy atom. The predicted molar refractivity (Wildman–Crippen MR) is 90.9 cm³/mol. The Kier molecular flexibility index (Phi) is 4.60. The number of amides is 1. The maximum Gasteiger partial charge on any atom is 0.266 e. The monoisotopic (exact) mass is 308 g/mol. The van der Waals surface area contributed by atoms with Crippen LogP contribution in [-0.2, 0) is 0 Å². The fourth-order valence-electron chi connectivity index (χ4n) is 2.15. The summed E-state index contributed by atoms with van der Waals surface area (Å²) in [6.07, 6.45) is 2.05. The standard InChI is InChI=1S/C15H20N2OS2/c1-9-6-5-7-11-12(16)14(20-13(9)11)15(18)17(3)10(2)8-19-4/h5-7,10H,8,16H2,1-4H3. The zero-order valence-corrected chi connectivity index (χ0v) is 13.9. The number of thioether (sulfide) groups is 1. The lowest BCUT2D eigenvalue weighted by Gasteiger charge is -2.23. The normalized spacial score (nSPS) is 12.6. The van der Waals surface area contributed by atoms with Crippen molar-refractivity contribution in [1.82, 2.24) is 4.90 Å². The van der Waals surface area contributed by atoms with Crippen LogP contribution in [0.5, 0.6) is 0 Å². The van der Waals surface area contributed by atoms with Crippen molar-refractivity contribution in [1.29, 1.82) is 0 Å². The average Bonchev–Trinajstić information content (AvgIpc) is 2.76. The van der Waals surface area contributed by atoms with Gasteiger partial charge in [-0.3, -0.25) is 4.79 Å². The Hall–Kier alpha value is -1.20. The lowest BCUT2D eigenvalue weighted by atomic mass is 10.1. The molecule has 0 saturated carbocycles. The van der Waals surface area contributed by atoms with E-state index in [9.17, 15) is 4.79 Å². The number of nitrogen functional groups attached to an aromatic ring is 1. The van der Waals surface area contributed by atoms with E-state index in [0.29, 0.717) is 10.6 Å². The fourth-order valence-corrected chi connectivity index (χ4v) is 4.03. The van der Waals surface area contributed by atoms with Crippen LogP contribution < -0.4 is 5.73 Å². The highest BCUT2D eigenvalue weighted by Gasteiger charge is 2.23. The molecule has 108 valence electrons. The quantitative estimate of drug-likeness (QED) is 0.938. The maximum atomic E-state index is 12.6. The first-order valence-electron chi connectivity index (χ1n) is 6.51. The minimum absolute atomic E-state index is 0.0182. The van der Waals surface area contributed by atoms with Crippen molar-refractivity contribution < 1.29 is 4.79 Å². The van der Waals surface area contributed by atoms with Gasteiger partial charge in [-0.15, -0.1) is 11.3 Å². The molecular formula is C15H20N2OS2. The van der Waals surface area contributed by atoms with Crippen LogP contribution in [0.3, 0.4) is 0 Å². The van der Waals surface area contributed by atoms with Crippen LogP contribution in [0, 0.1) is 6.92 Å². The van der Waals surface area contributed by atoms with Gasteiger partial charge in [0.1, 0.15) is 4.88 Å². The Morgan fingerprint density at radius 2 is 2.20 bits per heavy atom. The molecule has 2 aromatic rings. The molecule has 1 heterocycles. The number of rotatable bonds is 4. The Labute approximate surface area is 128 Å². The highest BCUT2D eigenvalue weighted by Crippen LogP contribution is 2.36. The molecule has 0 bridgehead atoms. The summed E-state index contributed by atoms with van der Waals surface area (Å²) < 4.78 is 1.11. The molecule has 0 fully saturated rings. The van der Waals surface area contributed by atoms with Crippen LogP contribution >= 0.6 is 23.1 Å². The molecule has 3 nitrogen and oxygen atoms in total. The van der Waals surface area contributed by atoms with E-state index >= 15 is 0 Å². The number of fused-ring (bicyclic) bond motifs is 1. The number of hydrogen-bond donors (Lipinski definition) is 1. The lowest BCUT2D eigenvalue weighted by Crippen LogP contribution is -2.36. The van der Waals surface area contributed by atoms with Crippen molar-refractivity contribution in [3.8, 4) is 0 Å². The molecule has 0 aliphatic heterocycles. The molecule has 0 spiro atoms. The van der Waals surface area contributed by atoms with Crippen molar-refractivity contribution in [2.75, 3.05) is 24.8 Å². The fraction of sp³-hybridized carbons (Fsp3) is 0.400. The van der Waals surface area contributed by atoms with Crippen molar-refractivity contribution in [3.05, 3.63) is 28.6 Å². The molecule has 1 unspecified atom stereocenters. The van der Waals surface area contributed by atoms with Gasteiger partial charge >= 0.3 is 0 Å². The third-order valence-electron chi connectivity index (χ3n) is 3.53. The third kappa shape index (κ3) is 2.65. The van der Waals surface area contributed by atoms with Gasteiger partial charge in [0.15, 0.2) is 0 Å². The minimum atomic E-state index is 0.0182. The van der Waals surface area contributed by atoms with E-state index in [1.807, 2.05) is 38.4 Å². The molecule has 0 saturated heterocycles. The summed E-state index contributed by atoms with van der Waals surface area (Å²) in [6, 6.07) is 6.21. The number of anilines is 1. The van der Waals surface area contributed by atoms with Gasteiger partial charge in [0, 0.05) is 28.9 Å². The number of nitrogens with zero attached hydrogens (tertiary/aromatic N) is 1. The number of thiophene rings is 1. The smallest absolute Gasteiger partial charge is 0.266 e. The molecule has 2 rings (SSSR count). The first kappa shape index (κ1) is 15.2. The Morgan fingerprint density at radius 1 is 1.50 bits per heavy atom. The predicted octanol–water partition coefficient (Wildman–Crippen LogP) is 3.62. The van der Waals surface area contributed by atoms with E-state index in [4.69, 9.17) is 5.73 Å². The number of carbonyl (C=O) groups is 1. The molecule has 5 heteroatoms. The summed E-state index contributed by atoms with van der Waals surface area (Å²) >= 11 is 3.24. The number of benzene rings is 1. The van der Waals surface area contributed by atoms with Crippen LogP contribution in [0.25, 0.3) is 10.1 Å². The minimum Gasteiger partial charge on any atom is -0.397 e. The number of carbonyl (C=O) groups excluding carboxylic acids is 1. The van der Waals surface area contributed by atoms with Crippen LogP contribution in [0.4, 0.5) is 5.69 Å². The molecular weight excluding hydrogens is 288 g/mol. The Bertz CT molecular complexity index is 636. The molecule has 0 aliphatic carbocycles. The van der Waals surface area contributed by atoms with Crippen LogP contribution in [0.2, 0.25) is 0 Å². The van der Waals surface area contributed by atoms with Gasteiger partial charge in [-0.2, -0.15) is 11.8 Å². The second-order valence-electron chi connectivity index (χ2n) is 5.02. The highest BCUT2D eigenvalue weighted by molar-refractivity contribution is 7.98. The van der Waals surface area contributed by atoms with Gasteiger partial charge in [-0.25, -0.2) is 0 Å². The zero-order valence-electron chi connectivity index (χ0n) is 12.3. The Balaban J connectivity index is 2.40. The van der Waals surface area contributed by atoms with Crippen molar-refractivity contribution >= 4 is 44.8 Å². The van der Waals surface area contributed by atoms with Crippen LogP contribution in [0.15, 0.2) is 18.2 Å². The largest absolute Gasteiger partial charge is 0.397 e. The molecule has 1 aromatic carbocycles. The molecule has 1 atom stereocenters. The number of nitrogens with two attached hydrogens (primary N) is 1. The molecule has 0 radical (unpaired) electrons. The first-order chi connectivity index (χ1) is 9.47. The maximum absolute atomic E-state index is 12.6. The summed E-state index contributed by atoms with van der Waals surface area (Å²) in [7, 11) is 1.85. The van der Waals surface area contributed by atoms with Gasteiger partial charge in [-0.1, -0.05) is 18.2 Å².